The number of halogens is 4. The first-order chi connectivity index (χ1) is 13.3. The van der Waals surface area contributed by atoms with Crippen molar-refractivity contribution in [3.63, 3.8) is 0 Å². The Morgan fingerprint density at radius 1 is 0.633 bits per heavy atom. The molecule has 0 aromatic heterocycles. The second-order valence-electron chi connectivity index (χ2n) is 8.93. The van der Waals surface area contributed by atoms with Crippen molar-refractivity contribution in [1.82, 2.24) is 0 Å². The fraction of sp³-hybridized carbons (Fsp3) is 0.391. The molecule has 2 nitrogen and oxygen atoms in total. The molecule has 2 aromatic carbocycles. The summed E-state index contributed by atoms with van der Waals surface area (Å²) in [4.78, 5) is 9.75. The van der Waals surface area contributed by atoms with E-state index in [0.29, 0.717) is 37.9 Å². The van der Waals surface area contributed by atoms with Crippen LogP contribution in [0.1, 0.15) is 48.0 Å². The minimum absolute atomic E-state index is 0. The van der Waals surface area contributed by atoms with Crippen molar-refractivity contribution in [2.45, 2.75) is 48.0 Å². The zero-order chi connectivity index (χ0) is 22.0. The Morgan fingerprint density at radius 2 is 0.900 bits per heavy atom. The van der Waals surface area contributed by atoms with Crippen molar-refractivity contribution in [3.8, 4) is 0 Å². The van der Waals surface area contributed by atoms with Gasteiger partial charge in [0.2, 0.25) is 0 Å². The Hall–Kier alpha value is -0.541. The molecule has 30 heavy (non-hydrogen) atoms. The third-order valence-corrected chi connectivity index (χ3v) is 5.65. The van der Waals surface area contributed by atoms with Crippen LogP contribution in [0.15, 0.2) is 46.4 Å². The summed E-state index contributed by atoms with van der Waals surface area (Å²) in [6.07, 6.45) is 0.538. The molecule has 0 amide bonds. The molecule has 0 N–H and O–H groups in total. The van der Waals surface area contributed by atoms with Crippen LogP contribution >= 0.6 is 46.4 Å². The molecule has 2 rings (SSSR count). The molecule has 167 valence electrons. The maximum atomic E-state index is 6.36. The first kappa shape index (κ1) is 27.5. The number of aliphatic imine (C=N–C) groups is 2. The molecule has 0 heterocycles. The van der Waals surface area contributed by atoms with Gasteiger partial charge in [0.15, 0.2) is 0 Å². The van der Waals surface area contributed by atoms with Gasteiger partial charge in [-0.3, -0.25) is 9.98 Å². The van der Waals surface area contributed by atoms with Crippen molar-refractivity contribution in [2.24, 2.45) is 20.8 Å². The molecule has 0 fully saturated rings. The topological polar surface area (TPSA) is 24.7 Å². The van der Waals surface area contributed by atoms with Crippen molar-refractivity contribution >= 4 is 69.2 Å². The first-order valence-electron chi connectivity index (χ1n) is 9.35. The van der Waals surface area contributed by atoms with E-state index in [1.807, 2.05) is 12.1 Å². The molecule has 2 aromatic rings. The maximum absolute atomic E-state index is 6.36. The van der Waals surface area contributed by atoms with Crippen LogP contribution in [-0.2, 0) is 17.1 Å². The molecule has 0 atom stereocenters. The van der Waals surface area contributed by atoms with Gasteiger partial charge in [0.25, 0.3) is 0 Å². The average Bonchev–Trinajstić information content (AvgIpc) is 2.56. The molecule has 0 aliphatic rings. The monoisotopic (exact) mass is 533 g/mol. The molecular weight excluding hydrogens is 510 g/mol. The van der Waals surface area contributed by atoms with Crippen LogP contribution in [-0.4, -0.2) is 11.4 Å². The molecule has 0 saturated carbocycles. The summed E-state index contributed by atoms with van der Waals surface area (Å²) in [5.74, 6) is 0. The van der Waals surface area contributed by atoms with E-state index in [0.717, 1.165) is 11.4 Å². The van der Waals surface area contributed by atoms with Gasteiger partial charge in [0.1, 0.15) is 11.4 Å². The van der Waals surface area contributed by atoms with E-state index in [9.17, 15) is 0 Å². The van der Waals surface area contributed by atoms with Crippen LogP contribution in [0.3, 0.4) is 0 Å². The number of hydrogen-bond donors (Lipinski definition) is 0. The third kappa shape index (κ3) is 7.26. The van der Waals surface area contributed by atoms with E-state index in [1.165, 1.54) is 0 Å². The molecule has 0 saturated heterocycles. The van der Waals surface area contributed by atoms with E-state index in [4.69, 9.17) is 56.4 Å². The SMILES string of the molecule is CC(C)(C)C(CC(=Nc1c(Cl)cccc1Cl)C(C)(C)C)=Nc1c(Cl)cccc1Cl.[Cu]. The van der Waals surface area contributed by atoms with Gasteiger partial charge in [-0.05, 0) is 24.3 Å². The summed E-state index contributed by atoms with van der Waals surface area (Å²) in [6, 6.07) is 10.8. The van der Waals surface area contributed by atoms with Gasteiger partial charge in [0, 0.05) is 45.7 Å². The van der Waals surface area contributed by atoms with Crippen LogP contribution in [0.5, 0.6) is 0 Å². The Morgan fingerprint density at radius 3 is 1.13 bits per heavy atom. The number of nitrogens with zero attached hydrogens (tertiary/aromatic N) is 2. The number of para-hydroxylation sites is 2. The van der Waals surface area contributed by atoms with Crippen LogP contribution < -0.4 is 0 Å². The number of hydrogen-bond acceptors (Lipinski definition) is 2. The minimum atomic E-state index is -0.223. The second-order valence-corrected chi connectivity index (χ2v) is 10.6. The van der Waals surface area contributed by atoms with Crippen LogP contribution in [0.4, 0.5) is 11.4 Å². The quantitative estimate of drug-likeness (QED) is 0.275. The van der Waals surface area contributed by atoms with Gasteiger partial charge < -0.3 is 0 Å². The third-order valence-electron chi connectivity index (χ3n) is 4.43. The Balaban J connectivity index is 0.00000450. The van der Waals surface area contributed by atoms with Gasteiger partial charge in [0.05, 0.1) is 20.1 Å². The summed E-state index contributed by atoms with van der Waals surface area (Å²) in [5.41, 5.74) is 2.54. The summed E-state index contributed by atoms with van der Waals surface area (Å²) in [6.45, 7) is 12.7. The largest absolute Gasteiger partial charge is 0.254 e. The van der Waals surface area contributed by atoms with Gasteiger partial charge in [-0.25, -0.2) is 0 Å². The smallest absolute Gasteiger partial charge is 0.100 e. The zero-order valence-electron chi connectivity index (χ0n) is 17.9. The van der Waals surface area contributed by atoms with E-state index in [-0.39, 0.29) is 27.9 Å². The summed E-state index contributed by atoms with van der Waals surface area (Å²) in [5, 5.41) is 2.07. The van der Waals surface area contributed by atoms with Gasteiger partial charge in [-0.2, -0.15) is 0 Å². The van der Waals surface area contributed by atoms with Crippen molar-refractivity contribution < 1.29 is 17.1 Å². The standard InChI is InChI=1S/C23H26Cl4N2.Cu/c1-22(2,3)18(28-20-14(24)9-7-10-15(20)25)13-19(23(4,5)6)29-21-16(26)11-8-12-17(21)27;/h7-12H,13H2,1-6H3;. The summed E-state index contributed by atoms with van der Waals surface area (Å²) in [7, 11) is 0. The van der Waals surface area contributed by atoms with E-state index >= 15 is 0 Å². The van der Waals surface area contributed by atoms with Crippen molar-refractivity contribution in [1.29, 1.82) is 0 Å². The van der Waals surface area contributed by atoms with Gasteiger partial charge in [-0.15, -0.1) is 0 Å². The minimum Gasteiger partial charge on any atom is -0.254 e. The van der Waals surface area contributed by atoms with E-state index in [2.05, 4.69) is 41.5 Å². The fourth-order valence-corrected chi connectivity index (χ4v) is 3.53. The van der Waals surface area contributed by atoms with E-state index < -0.39 is 0 Å². The van der Waals surface area contributed by atoms with Gasteiger partial charge in [-0.1, -0.05) is 100 Å². The molecule has 0 bridgehead atoms. The maximum Gasteiger partial charge on any atom is 0.100 e. The molecule has 0 aliphatic heterocycles. The Bertz CT molecular complexity index is 837. The second kappa shape index (κ2) is 10.9. The average molecular weight is 536 g/mol. The Kier molecular flexibility index (Phi) is 9.95. The zero-order valence-corrected chi connectivity index (χ0v) is 21.8. The predicted octanol–water partition coefficient (Wildman–Crippen LogP) is 9.63. The number of benzene rings is 2. The summed E-state index contributed by atoms with van der Waals surface area (Å²) >= 11 is 25.5. The molecule has 0 unspecified atom stereocenters. The predicted molar refractivity (Wildman–Crippen MR) is 131 cm³/mol. The molecule has 7 heteroatoms. The molecule has 1 radical (unpaired) electrons. The normalized spacial score (nSPS) is 13.3. The van der Waals surface area contributed by atoms with Crippen LogP contribution in [0.25, 0.3) is 0 Å². The first-order valence-corrected chi connectivity index (χ1v) is 10.9. The fourth-order valence-electron chi connectivity index (χ4n) is 2.56. The van der Waals surface area contributed by atoms with Gasteiger partial charge >= 0.3 is 0 Å². The number of rotatable bonds is 4. The van der Waals surface area contributed by atoms with Crippen molar-refractivity contribution in [3.05, 3.63) is 56.5 Å². The van der Waals surface area contributed by atoms with Crippen LogP contribution in [0, 0.1) is 10.8 Å². The Labute approximate surface area is 210 Å². The molecule has 0 spiro atoms. The van der Waals surface area contributed by atoms with Crippen LogP contribution in [0.2, 0.25) is 20.1 Å². The molecular formula is C23H26Cl4CuN2. The van der Waals surface area contributed by atoms with Crippen molar-refractivity contribution in [2.75, 3.05) is 0 Å². The molecule has 0 aliphatic carbocycles. The van der Waals surface area contributed by atoms with E-state index in [1.54, 1.807) is 24.3 Å². The summed E-state index contributed by atoms with van der Waals surface area (Å²) < 4.78 is 0.